The highest BCUT2D eigenvalue weighted by Gasteiger charge is 2.24. The summed E-state index contributed by atoms with van der Waals surface area (Å²) >= 11 is 0. The summed E-state index contributed by atoms with van der Waals surface area (Å²) in [5.41, 5.74) is 2.22. The third-order valence-electron chi connectivity index (χ3n) is 6.51. The Morgan fingerprint density at radius 1 is 0.750 bits per heavy atom. The first-order valence-electron chi connectivity index (χ1n) is 12.9. The number of rotatable bonds is 10. The van der Waals surface area contributed by atoms with Crippen molar-refractivity contribution in [3.05, 3.63) is 66.7 Å². The van der Waals surface area contributed by atoms with Crippen molar-refractivity contribution in [2.75, 3.05) is 69.7 Å². The van der Waals surface area contributed by atoms with Gasteiger partial charge in [-0.15, -0.1) is 0 Å². The minimum atomic E-state index is 0.355. The molecule has 1 aliphatic rings. The molecule has 0 amide bonds. The quantitative estimate of drug-likeness (QED) is 0.295. The Morgan fingerprint density at radius 3 is 2.10 bits per heavy atom. The molecule has 0 bridgehead atoms. The highest BCUT2D eigenvalue weighted by Crippen LogP contribution is 2.41. The van der Waals surface area contributed by atoms with Crippen molar-refractivity contribution in [1.82, 2.24) is 20.3 Å². The van der Waals surface area contributed by atoms with Gasteiger partial charge in [0, 0.05) is 44.0 Å². The van der Waals surface area contributed by atoms with Crippen LogP contribution in [0.1, 0.15) is 0 Å². The van der Waals surface area contributed by atoms with E-state index in [-0.39, 0.29) is 0 Å². The van der Waals surface area contributed by atoms with Crippen LogP contribution in [0, 0.1) is 0 Å². The molecular weight excluding hydrogens is 510 g/mol. The predicted molar refractivity (Wildman–Crippen MR) is 156 cm³/mol. The molecule has 0 atom stereocenters. The number of methoxy groups -OCH3 is 4. The van der Waals surface area contributed by atoms with Crippen LogP contribution in [0.25, 0.3) is 0 Å². The van der Waals surface area contributed by atoms with Gasteiger partial charge >= 0.3 is 0 Å². The highest BCUT2D eigenvalue weighted by molar-refractivity contribution is 5.79. The van der Waals surface area contributed by atoms with Gasteiger partial charge in [0.2, 0.25) is 17.8 Å². The molecule has 1 fully saturated rings. The molecule has 1 saturated heterocycles. The monoisotopic (exact) mass is 543 g/mol. The first-order chi connectivity index (χ1) is 19.6. The third-order valence-corrected chi connectivity index (χ3v) is 6.51. The van der Waals surface area contributed by atoms with E-state index in [1.165, 1.54) is 0 Å². The van der Waals surface area contributed by atoms with Crippen LogP contribution in [0.4, 0.5) is 34.9 Å². The summed E-state index contributed by atoms with van der Waals surface area (Å²) in [6, 6.07) is 21.0. The molecule has 5 rings (SSSR count). The van der Waals surface area contributed by atoms with Gasteiger partial charge in [-0.3, -0.25) is 4.90 Å². The van der Waals surface area contributed by atoms with E-state index in [1.54, 1.807) is 28.4 Å². The molecule has 11 nitrogen and oxygen atoms in total. The van der Waals surface area contributed by atoms with E-state index in [9.17, 15) is 0 Å². The zero-order valence-corrected chi connectivity index (χ0v) is 23.0. The lowest BCUT2D eigenvalue weighted by Gasteiger charge is -2.30. The standard InChI is InChI=1S/C29H33N7O4/c1-37-21-10-12-25(39-3)23(18-21)31-27-32-28(35-16-14-30-15-17-35)34-29(33-27)36(20-8-6-5-7-9-20)24-19-22(38-2)11-13-26(24)40-4/h5-13,18-19,30H,14-17H2,1-4H3,(H,31,32,33,34). The first-order valence-corrected chi connectivity index (χ1v) is 12.9. The summed E-state index contributed by atoms with van der Waals surface area (Å²) in [6.45, 7) is 3.19. The number of piperazine rings is 1. The number of nitrogens with one attached hydrogen (secondary N) is 2. The molecule has 2 heterocycles. The van der Waals surface area contributed by atoms with Gasteiger partial charge < -0.3 is 34.5 Å². The van der Waals surface area contributed by atoms with Crippen LogP contribution in [0.2, 0.25) is 0 Å². The Hall–Kier alpha value is -4.77. The summed E-state index contributed by atoms with van der Waals surface area (Å²) in [4.78, 5) is 18.8. The second-order valence-corrected chi connectivity index (χ2v) is 8.90. The minimum absolute atomic E-state index is 0.355. The van der Waals surface area contributed by atoms with Crippen LogP contribution in [0.15, 0.2) is 66.7 Å². The Bertz CT molecular complexity index is 1430. The summed E-state index contributed by atoms with van der Waals surface area (Å²) in [6.07, 6.45) is 0. The molecule has 1 aromatic heterocycles. The van der Waals surface area contributed by atoms with Crippen molar-refractivity contribution < 1.29 is 18.9 Å². The van der Waals surface area contributed by atoms with E-state index in [0.29, 0.717) is 46.5 Å². The number of para-hydroxylation sites is 1. The maximum Gasteiger partial charge on any atom is 0.241 e. The van der Waals surface area contributed by atoms with Crippen LogP contribution in [0.3, 0.4) is 0 Å². The molecule has 4 aromatic rings. The maximum absolute atomic E-state index is 5.76. The van der Waals surface area contributed by atoms with Gasteiger partial charge in [-0.1, -0.05) is 18.2 Å². The molecule has 0 spiro atoms. The summed E-state index contributed by atoms with van der Waals surface area (Å²) < 4.78 is 22.3. The maximum atomic E-state index is 5.76. The lowest BCUT2D eigenvalue weighted by atomic mass is 10.2. The minimum Gasteiger partial charge on any atom is -0.497 e. The van der Waals surface area contributed by atoms with Crippen LogP contribution in [0.5, 0.6) is 23.0 Å². The van der Waals surface area contributed by atoms with E-state index in [2.05, 4.69) is 15.5 Å². The molecule has 3 aromatic carbocycles. The molecule has 0 radical (unpaired) electrons. The lowest BCUT2D eigenvalue weighted by molar-refractivity contribution is 0.404. The summed E-state index contributed by atoms with van der Waals surface area (Å²) in [5, 5.41) is 6.72. The zero-order chi connectivity index (χ0) is 27.9. The summed E-state index contributed by atoms with van der Waals surface area (Å²) in [7, 11) is 6.50. The van der Waals surface area contributed by atoms with Crippen LogP contribution in [-0.2, 0) is 0 Å². The Labute approximate surface area is 233 Å². The lowest BCUT2D eigenvalue weighted by Crippen LogP contribution is -2.44. The van der Waals surface area contributed by atoms with E-state index >= 15 is 0 Å². The van der Waals surface area contributed by atoms with Crippen molar-refractivity contribution >= 4 is 34.9 Å². The average Bonchev–Trinajstić information content (AvgIpc) is 3.02. The number of ether oxygens (including phenoxy) is 4. The first kappa shape index (κ1) is 26.8. The molecule has 40 heavy (non-hydrogen) atoms. The van der Waals surface area contributed by atoms with Gasteiger partial charge in [0.25, 0.3) is 0 Å². The largest absolute Gasteiger partial charge is 0.497 e. The number of hydrogen-bond acceptors (Lipinski definition) is 11. The van der Waals surface area contributed by atoms with Crippen molar-refractivity contribution in [2.24, 2.45) is 0 Å². The van der Waals surface area contributed by atoms with Gasteiger partial charge in [0.05, 0.1) is 39.8 Å². The molecule has 1 aliphatic heterocycles. The number of anilines is 6. The fourth-order valence-corrected chi connectivity index (χ4v) is 4.46. The Balaban J connectivity index is 1.69. The highest BCUT2D eigenvalue weighted by atomic mass is 16.5. The van der Waals surface area contributed by atoms with Crippen LogP contribution < -0.4 is 39.4 Å². The van der Waals surface area contributed by atoms with Crippen molar-refractivity contribution in [3.63, 3.8) is 0 Å². The Kier molecular flexibility index (Phi) is 8.31. The fraction of sp³-hybridized carbons (Fsp3) is 0.276. The van der Waals surface area contributed by atoms with E-state index in [4.69, 9.17) is 33.9 Å². The molecule has 0 unspecified atom stereocenters. The molecule has 0 aliphatic carbocycles. The summed E-state index contributed by atoms with van der Waals surface area (Å²) in [5.74, 6) is 3.93. The topological polar surface area (TPSA) is 106 Å². The van der Waals surface area contributed by atoms with Crippen molar-refractivity contribution in [1.29, 1.82) is 0 Å². The molecule has 208 valence electrons. The van der Waals surface area contributed by atoms with E-state index < -0.39 is 0 Å². The number of hydrogen-bond donors (Lipinski definition) is 2. The SMILES string of the molecule is COc1ccc(OC)c(Nc2nc(N3CCNCC3)nc(N(c3ccccc3)c3cc(OC)ccc3OC)n2)c1. The third kappa shape index (κ3) is 5.79. The number of nitrogens with zero attached hydrogens (tertiary/aromatic N) is 5. The van der Waals surface area contributed by atoms with Gasteiger partial charge in [0.1, 0.15) is 23.0 Å². The molecule has 11 heteroatoms. The van der Waals surface area contributed by atoms with Gasteiger partial charge in [-0.25, -0.2) is 0 Å². The molecular formula is C29H33N7O4. The van der Waals surface area contributed by atoms with Crippen LogP contribution in [-0.4, -0.2) is 69.6 Å². The fourth-order valence-electron chi connectivity index (χ4n) is 4.46. The van der Waals surface area contributed by atoms with E-state index in [0.717, 1.165) is 37.6 Å². The molecule has 0 saturated carbocycles. The predicted octanol–water partition coefficient (Wildman–Crippen LogP) is 4.53. The Morgan fingerprint density at radius 2 is 1.43 bits per heavy atom. The second-order valence-electron chi connectivity index (χ2n) is 8.90. The van der Waals surface area contributed by atoms with E-state index in [1.807, 2.05) is 71.6 Å². The van der Waals surface area contributed by atoms with Crippen molar-refractivity contribution in [3.8, 4) is 23.0 Å². The zero-order valence-electron chi connectivity index (χ0n) is 23.0. The van der Waals surface area contributed by atoms with Crippen molar-refractivity contribution in [2.45, 2.75) is 0 Å². The van der Waals surface area contributed by atoms with Gasteiger partial charge in [0.15, 0.2) is 0 Å². The number of benzene rings is 3. The number of aromatic nitrogens is 3. The average molecular weight is 544 g/mol. The normalized spacial score (nSPS) is 12.9. The van der Waals surface area contributed by atoms with Crippen LogP contribution >= 0.6 is 0 Å². The van der Waals surface area contributed by atoms with Gasteiger partial charge in [-0.2, -0.15) is 15.0 Å². The van der Waals surface area contributed by atoms with Gasteiger partial charge in [-0.05, 0) is 36.4 Å². The second kappa shape index (κ2) is 12.4. The molecule has 2 N–H and O–H groups in total. The smallest absolute Gasteiger partial charge is 0.241 e.